The van der Waals surface area contributed by atoms with Crippen molar-refractivity contribution in [2.75, 3.05) is 26.2 Å². The zero-order valence-corrected chi connectivity index (χ0v) is 18.5. The number of para-hydroxylation sites is 1. The van der Waals surface area contributed by atoms with Gasteiger partial charge < -0.3 is 9.32 Å². The number of rotatable bonds is 5. The van der Waals surface area contributed by atoms with E-state index >= 15 is 0 Å². The molecule has 1 aromatic carbocycles. The van der Waals surface area contributed by atoms with Crippen LogP contribution in [0.25, 0.3) is 22.2 Å². The first-order valence-corrected chi connectivity index (χ1v) is 11.1. The number of aromatic nitrogens is 3. The zero-order chi connectivity index (χ0) is 22.1. The monoisotopic (exact) mass is 429 g/mol. The van der Waals surface area contributed by atoms with Gasteiger partial charge in [-0.1, -0.05) is 18.2 Å². The molecule has 0 N–H and O–H groups in total. The number of carbonyl (C=O) groups is 1. The third-order valence-corrected chi connectivity index (χ3v) is 6.11. The molecule has 4 heterocycles. The van der Waals surface area contributed by atoms with Crippen molar-refractivity contribution < 1.29 is 9.21 Å². The molecule has 0 spiro atoms. The number of fused-ring (bicyclic) bond motifs is 1. The van der Waals surface area contributed by atoms with Crippen LogP contribution in [0.4, 0.5) is 0 Å². The second-order valence-corrected chi connectivity index (χ2v) is 8.20. The maximum absolute atomic E-state index is 13.6. The molecule has 0 bridgehead atoms. The van der Waals surface area contributed by atoms with E-state index in [-0.39, 0.29) is 5.91 Å². The molecule has 3 aromatic heterocycles. The van der Waals surface area contributed by atoms with Gasteiger partial charge in [0.2, 0.25) is 0 Å². The summed E-state index contributed by atoms with van der Waals surface area (Å²) in [5, 5.41) is 5.45. The van der Waals surface area contributed by atoms with E-state index in [0.29, 0.717) is 18.7 Å². The van der Waals surface area contributed by atoms with Gasteiger partial charge in [-0.25, -0.2) is 4.98 Å². The number of hydrogen-bond donors (Lipinski definition) is 0. The minimum atomic E-state index is 0.0584. The fourth-order valence-corrected chi connectivity index (χ4v) is 4.32. The second kappa shape index (κ2) is 8.59. The van der Waals surface area contributed by atoms with Gasteiger partial charge >= 0.3 is 0 Å². The maximum atomic E-state index is 13.6. The molecule has 4 aromatic rings. The van der Waals surface area contributed by atoms with Gasteiger partial charge in [-0.3, -0.25) is 14.4 Å². The highest BCUT2D eigenvalue weighted by atomic mass is 16.3. The highest BCUT2D eigenvalue weighted by Crippen LogP contribution is 2.28. The molecular formula is C25H27N5O2. The summed E-state index contributed by atoms with van der Waals surface area (Å²) in [4.78, 5) is 22.7. The first kappa shape index (κ1) is 20.5. The average Bonchev–Trinajstić information content (AvgIpc) is 3.47. The van der Waals surface area contributed by atoms with E-state index in [2.05, 4.69) is 16.9 Å². The molecule has 5 rings (SSSR count). The van der Waals surface area contributed by atoms with E-state index in [1.54, 1.807) is 6.26 Å². The Labute approximate surface area is 187 Å². The van der Waals surface area contributed by atoms with Gasteiger partial charge in [0.25, 0.3) is 5.91 Å². The number of amides is 1. The Morgan fingerprint density at radius 2 is 1.91 bits per heavy atom. The van der Waals surface area contributed by atoms with E-state index in [9.17, 15) is 4.79 Å². The lowest BCUT2D eigenvalue weighted by Crippen LogP contribution is -2.48. The van der Waals surface area contributed by atoms with Crippen LogP contribution in [0.3, 0.4) is 0 Å². The number of carbonyl (C=O) groups excluding carboxylic acids is 1. The summed E-state index contributed by atoms with van der Waals surface area (Å²) >= 11 is 0. The maximum Gasteiger partial charge on any atom is 0.254 e. The Bertz CT molecular complexity index is 1240. The number of piperazine rings is 1. The van der Waals surface area contributed by atoms with Gasteiger partial charge in [0.05, 0.1) is 35.3 Å². The van der Waals surface area contributed by atoms with Crippen molar-refractivity contribution >= 4 is 16.8 Å². The van der Waals surface area contributed by atoms with E-state index in [1.165, 1.54) is 0 Å². The normalized spacial score (nSPS) is 14.9. The van der Waals surface area contributed by atoms with Gasteiger partial charge in [-0.2, -0.15) is 5.10 Å². The summed E-state index contributed by atoms with van der Waals surface area (Å²) in [6.07, 6.45) is 3.71. The number of pyridine rings is 1. The lowest BCUT2D eigenvalue weighted by atomic mass is 10.0. The molecule has 0 unspecified atom stereocenters. The lowest BCUT2D eigenvalue weighted by Gasteiger charge is -2.34. The fraction of sp³-hybridized carbons (Fsp3) is 0.320. The van der Waals surface area contributed by atoms with Crippen molar-refractivity contribution in [2.45, 2.75) is 26.9 Å². The van der Waals surface area contributed by atoms with Crippen molar-refractivity contribution in [1.82, 2.24) is 24.6 Å². The summed E-state index contributed by atoms with van der Waals surface area (Å²) in [6.45, 7) is 8.65. The molecule has 0 radical (unpaired) electrons. The summed E-state index contributed by atoms with van der Waals surface area (Å²) in [6, 6.07) is 13.7. The predicted octanol–water partition coefficient (Wildman–Crippen LogP) is 3.98. The van der Waals surface area contributed by atoms with Crippen molar-refractivity contribution in [3.05, 3.63) is 71.9 Å². The van der Waals surface area contributed by atoms with Crippen LogP contribution < -0.4 is 0 Å². The molecular weight excluding hydrogens is 402 g/mol. The molecule has 0 aliphatic carbocycles. The Hall–Kier alpha value is -3.45. The number of hydrogen-bond acceptors (Lipinski definition) is 5. The van der Waals surface area contributed by atoms with Gasteiger partial charge in [-0.05, 0) is 38.1 Å². The number of furan rings is 1. The predicted molar refractivity (Wildman–Crippen MR) is 123 cm³/mol. The molecule has 1 fully saturated rings. The van der Waals surface area contributed by atoms with E-state index in [0.717, 1.165) is 59.8 Å². The highest BCUT2D eigenvalue weighted by molar-refractivity contribution is 6.07. The summed E-state index contributed by atoms with van der Waals surface area (Å²) < 4.78 is 7.37. The molecule has 164 valence electrons. The van der Waals surface area contributed by atoms with Crippen LogP contribution in [-0.4, -0.2) is 56.7 Å². The molecule has 0 atom stereocenters. The van der Waals surface area contributed by atoms with Gasteiger partial charge in [0.1, 0.15) is 5.76 Å². The van der Waals surface area contributed by atoms with Crippen molar-refractivity contribution in [2.24, 2.45) is 0 Å². The van der Waals surface area contributed by atoms with Gasteiger partial charge in [0, 0.05) is 49.9 Å². The first-order chi connectivity index (χ1) is 15.6. The number of benzene rings is 1. The smallest absolute Gasteiger partial charge is 0.254 e. The minimum Gasteiger partial charge on any atom is -0.468 e. The van der Waals surface area contributed by atoms with Crippen LogP contribution in [0.2, 0.25) is 0 Å². The summed E-state index contributed by atoms with van der Waals surface area (Å²) in [7, 11) is 0. The first-order valence-electron chi connectivity index (χ1n) is 11.1. The van der Waals surface area contributed by atoms with Crippen LogP contribution in [0.1, 0.15) is 28.7 Å². The quantitative estimate of drug-likeness (QED) is 0.480. The van der Waals surface area contributed by atoms with Crippen LogP contribution in [0.15, 0.2) is 59.3 Å². The number of nitrogens with zero attached hydrogens (tertiary/aromatic N) is 5. The third kappa shape index (κ3) is 3.91. The second-order valence-electron chi connectivity index (χ2n) is 8.20. The third-order valence-electron chi connectivity index (χ3n) is 6.11. The summed E-state index contributed by atoms with van der Waals surface area (Å²) in [5.41, 5.74) is 4.21. The fourth-order valence-electron chi connectivity index (χ4n) is 4.32. The van der Waals surface area contributed by atoms with Crippen LogP contribution in [-0.2, 0) is 13.1 Å². The molecule has 1 amide bonds. The Kier molecular flexibility index (Phi) is 5.49. The van der Waals surface area contributed by atoms with E-state index in [1.807, 2.05) is 65.2 Å². The van der Waals surface area contributed by atoms with Gasteiger partial charge in [0.15, 0.2) is 0 Å². The Morgan fingerprint density at radius 3 is 2.62 bits per heavy atom. The molecule has 7 nitrogen and oxygen atoms in total. The minimum absolute atomic E-state index is 0.0584. The summed E-state index contributed by atoms with van der Waals surface area (Å²) in [5.74, 6) is 1.01. The topological polar surface area (TPSA) is 67.4 Å². The lowest BCUT2D eigenvalue weighted by molar-refractivity contribution is 0.0622. The van der Waals surface area contributed by atoms with Crippen LogP contribution in [0.5, 0.6) is 0 Å². The molecule has 0 saturated carbocycles. The molecule has 32 heavy (non-hydrogen) atoms. The van der Waals surface area contributed by atoms with Crippen LogP contribution >= 0.6 is 0 Å². The molecule has 1 aliphatic rings. The van der Waals surface area contributed by atoms with Crippen molar-refractivity contribution in [1.29, 1.82) is 0 Å². The van der Waals surface area contributed by atoms with E-state index in [4.69, 9.17) is 9.40 Å². The highest BCUT2D eigenvalue weighted by Gasteiger charge is 2.25. The number of aryl methyl sites for hydroxylation is 2. The standard InChI is InChI=1S/C25H27N5O2/c1-3-30-17-22(18(2)27-30)24-15-21(20-8-4-5-9-23(20)26-24)25(31)29-12-10-28(11-13-29)16-19-7-6-14-32-19/h4-9,14-15,17H,3,10-13,16H2,1-2H3. The largest absolute Gasteiger partial charge is 0.468 e. The Balaban J connectivity index is 1.43. The SMILES string of the molecule is CCn1cc(-c2cc(C(=O)N3CCN(Cc4ccco4)CC3)c3ccccc3n2)c(C)n1. The average molecular weight is 430 g/mol. The van der Waals surface area contributed by atoms with Gasteiger partial charge in [-0.15, -0.1) is 0 Å². The van der Waals surface area contributed by atoms with E-state index < -0.39 is 0 Å². The molecule has 1 aliphatic heterocycles. The molecule has 7 heteroatoms. The zero-order valence-electron chi connectivity index (χ0n) is 18.5. The molecule has 1 saturated heterocycles. The van der Waals surface area contributed by atoms with Crippen molar-refractivity contribution in [3.8, 4) is 11.3 Å². The Morgan fingerprint density at radius 1 is 1.09 bits per heavy atom. The van der Waals surface area contributed by atoms with Crippen molar-refractivity contribution in [3.63, 3.8) is 0 Å². The van der Waals surface area contributed by atoms with Crippen LogP contribution in [0, 0.1) is 6.92 Å².